The van der Waals surface area contributed by atoms with Crippen molar-refractivity contribution < 1.29 is 0 Å². The Kier molecular flexibility index (Phi) is 5.98. The molecule has 1 rings (SSSR count). The Bertz CT molecular complexity index is 119. The number of hydrogen-bond acceptors (Lipinski definition) is 1. The van der Waals surface area contributed by atoms with Crippen molar-refractivity contribution >= 4 is 8.58 Å². The van der Waals surface area contributed by atoms with Gasteiger partial charge in [0.15, 0.2) is 0 Å². The molecule has 1 aliphatic heterocycles. The summed E-state index contributed by atoms with van der Waals surface area (Å²) in [5.74, 6) is 0. The number of nitrogens with two attached hydrogens (primary N) is 1. The second kappa shape index (κ2) is 6.79. The third-order valence-corrected chi connectivity index (χ3v) is 4.67. The van der Waals surface area contributed by atoms with E-state index in [-0.39, 0.29) is 0 Å². The molecule has 78 valence electrons. The molecule has 0 bridgehead atoms. The molecule has 0 aromatic carbocycles. The fourth-order valence-corrected chi connectivity index (χ4v) is 3.67. The van der Waals surface area contributed by atoms with Crippen LogP contribution in [-0.2, 0) is 0 Å². The van der Waals surface area contributed by atoms with Gasteiger partial charge in [-0.05, 0) is 44.4 Å². The molecule has 0 aliphatic carbocycles. The van der Waals surface area contributed by atoms with Gasteiger partial charge < -0.3 is 5.73 Å². The Morgan fingerprint density at radius 1 is 1.38 bits per heavy atom. The molecular weight excluding hydrogens is 177 g/mol. The van der Waals surface area contributed by atoms with Crippen LogP contribution in [0.5, 0.6) is 0 Å². The average Bonchev–Trinajstić information content (AvgIpc) is 2.55. The molecule has 3 unspecified atom stereocenters. The predicted molar refractivity (Wildman–Crippen MR) is 62.9 cm³/mol. The number of rotatable bonds is 6. The lowest BCUT2D eigenvalue weighted by Crippen LogP contribution is -2.13. The first-order chi connectivity index (χ1) is 6.29. The lowest BCUT2D eigenvalue weighted by atomic mass is 10.1. The van der Waals surface area contributed by atoms with Crippen molar-refractivity contribution in [1.82, 2.24) is 0 Å². The van der Waals surface area contributed by atoms with E-state index in [0.717, 1.165) is 5.66 Å². The van der Waals surface area contributed by atoms with Gasteiger partial charge in [0.25, 0.3) is 0 Å². The Hall–Kier alpha value is 0.390. The quantitative estimate of drug-likeness (QED) is 0.518. The first kappa shape index (κ1) is 11.5. The van der Waals surface area contributed by atoms with Gasteiger partial charge in [-0.3, -0.25) is 0 Å². The maximum Gasteiger partial charge on any atom is 0.00104 e. The standard InChI is InChI=1S/C11H24NP/c1-10(12)6-3-2-4-7-11-8-5-9-13-11/h10-11,13H,2-9,12H2,1H3. The molecular formula is C11H24NP. The van der Waals surface area contributed by atoms with Crippen LogP contribution < -0.4 is 5.73 Å². The minimum atomic E-state index is 0.411. The Morgan fingerprint density at radius 2 is 2.23 bits per heavy atom. The monoisotopic (exact) mass is 201 g/mol. The van der Waals surface area contributed by atoms with Gasteiger partial charge in [-0.2, -0.15) is 0 Å². The summed E-state index contributed by atoms with van der Waals surface area (Å²) in [6.45, 7) is 2.11. The van der Waals surface area contributed by atoms with E-state index in [1.54, 1.807) is 0 Å². The number of unbranched alkanes of at least 4 members (excludes halogenated alkanes) is 2. The van der Waals surface area contributed by atoms with Crippen LogP contribution in [0.2, 0.25) is 0 Å². The summed E-state index contributed by atoms with van der Waals surface area (Å²) in [7, 11) is 1.28. The van der Waals surface area contributed by atoms with Crippen molar-refractivity contribution in [1.29, 1.82) is 0 Å². The van der Waals surface area contributed by atoms with Gasteiger partial charge in [-0.25, -0.2) is 0 Å². The smallest absolute Gasteiger partial charge is 0.00104 e. The molecule has 1 nitrogen and oxygen atoms in total. The van der Waals surface area contributed by atoms with Crippen LogP contribution in [0.4, 0.5) is 0 Å². The van der Waals surface area contributed by atoms with Crippen LogP contribution in [0.1, 0.15) is 51.9 Å². The van der Waals surface area contributed by atoms with E-state index in [0.29, 0.717) is 6.04 Å². The highest BCUT2D eigenvalue weighted by molar-refractivity contribution is 7.39. The van der Waals surface area contributed by atoms with Gasteiger partial charge in [0, 0.05) is 6.04 Å². The molecule has 1 fully saturated rings. The van der Waals surface area contributed by atoms with E-state index in [4.69, 9.17) is 5.73 Å². The highest BCUT2D eigenvalue weighted by atomic mass is 31.1. The van der Waals surface area contributed by atoms with Gasteiger partial charge in [-0.1, -0.05) is 19.3 Å². The van der Waals surface area contributed by atoms with E-state index < -0.39 is 0 Å². The maximum absolute atomic E-state index is 5.70. The highest BCUT2D eigenvalue weighted by Crippen LogP contribution is 2.35. The third kappa shape index (κ3) is 5.65. The van der Waals surface area contributed by atoms with Crippen LogP contribution in [0.3, 0.4) is 0 Å². The lowest BCUT2D eigenvalue weighted by Gasteiger charge is -2.08. The molecule has 0 saturated carbocycles. The van der Waals surface area contributed by atoms with E-state index in [1.807, 2.05) is 0 Å². The van der Waals surface area contributed by atoms with Gasteiger partial charge in [0.1, 0.15) is 0 Å². The summed E-state index contributed by atoms with van der Waals surface area (Å²) in [6.07, 6.45) is 11.4. The first-order valence-corrected chi connectivity index (χ1v) is 7.06. The Labute approximate surface area is 84.6 Å². The van der Waals surface area contributed by atoms with Crippen molar-refractivity contribution in [2.75, 3.05) is 6.16 Å². The van der Waals surface area contributed by atoms with Crippen LogP contribution in [-0.4, -0.2) is 17.9 Å². The van der Waals surface area contributed by atoms with Crippen LogP contribution >= 0.6 is 8.58 Å². The molecule has 0 aromatic rings. The van der Waals surface area contributed by atoms with Gasteiger partial charge in [-0.15, -0.1) is 8.58 Å². The first-order valence-electron chi connectivity index (χ1n) is 5.78. The maximum atomic E-state index is 5.70. The molecule has 1 heterocycles. The average molecular weight is 201 g/mol. The summed E-state index contributed by atoms with van der Waals surface area (Å²) in [5, 5.41) is 0. The van der Waals surface area contributed by atoms with Gasteiger partial charge in [0.2, 0.25) is 0 Å². The Balaban J connectivity index is 1.83. The van der Waals surface area contributed by atoms with Gasteiger partial charge >= 0.3 is 0 Å². The summed E-state index contributed by atoms with van der Waals surface area (Å²) in [4.78, 5) is 0. The molecule has 0 aromatic heterocycles. The summed E-state index contributed by atoms with van der Waals surface area (Å²) >= 11 is 0. The second-order valence-corrected chi connectivity index (χ2v) is 6.13. The van der Waals surface area contributed by atoms with E-state index in [9.17, 15) is 0 Å². The predicted octanol–water partition coefficient (Wildman–Crippen LogP) is 3.13. The highest BCUT2D eigenvalue weighted by Gasteiger charge is 2.13. The molecule has 2 heteroatoms. The fraction of sp³-hybridized carbons (Fsp3) is 1.00. The van der Waals surface area contributed by atoms with Crippen LogP contribution in [0, 0.1) is 0 Å². The van der Waals surface area contributed by atoms with Crippen molar-refractivity contribution in [3.8, 4) is 0 Å². The zero-order valence-corrected chi connectivity index (χ0v) is 9.89. The molecule has 1 aliphatic rings. The topological polar surface area (TPSA) is 26.0 Å². The number of hydrogen-bond donors (Lipinski definition) is 1. The van der Waals surface area contributed by atoms with Crippen molar-refractivity contribution in [3.05, 3.63) is 0 Å². The summed E-state index contributed by atoms with van der Waals surface area (Å²) in [5.41, 5.74) is 6.80. The van der Waals surface area contributed by atoms with Crippen LogP contribution in [0.25, 0.3) is 0 Å². The van der Waals surface area contributed by atoms with Crippen molar-refractivity contribution in [3.63, 3.8) is 0 Å². The molecule has 0 radical (unpaired) electrons. The molecule has 3 atom stereocenters. The van der Waals surface area contributed by atoms with E-state index in [1.165, 1.54) is 59.7 Å². The lowest BCUT2D eigenvalue weighted by molar-refractivity contribution is 0.556. The minimum Gasteiger partial charge on any atom is -0.328 e. The summed E-state index contributed by atoms with van der Waals surface area (Å²) in [6, 6.07) is 0.411. The minimum absolute atomic E-state index is 0.411. The fourth-order valence-electron chi connectivity index (χ4n) is 2.04. The zero-order valence-electron chi connectivity index (χ0n) is 8.89. The molecule has 0 spiro atoms. The molecule has 1 saturated heterocycles. The second-order valence-electron chi connectivity index (χ2n) is 4.41. The largest absolute Gasteiger partial charge is 0.328 e. The normalized spacial score (nSPS) is 26.8. The third-order valence-electron chi connectivity index (χ3n) is 2.87. The van der Waals surface area contributed by atoms with Crippen molar-refractivity contribution in [2.24, 2.45) is 5.73 Å². The SMILES string of the molecule is CC(N)CCCCCC1CCCP1. The van der Waals surface area contributed by atoms with Crippen molar-refractivity contribution in [2.45, 2.75) is 63.6 Å². The molecule has 2 N–H and O–H groups in total. The van der Waals surface area contributed by atoms with E-state index in [2.05, 4.69) is 6.92 Å². The van der Waals surface area contributed by atoms with E-state index >= 15 is 0 Å². The molecule has 13 heavy (non-hydrogen) atoms. The summed E-state index contributed by atoms with van der Waals surface area (Å²) < 4.78 is 0. The van der Waals surface area contributed by atoms with Gasteiger partial charge in [0.05, 0.1) is 0 Å². The molecule has 0 amide bonds. The van der Waals surface area contributed by atoms with Crippen LogP contribution in [0.15, 0.2) is 0 Å². The Morgan fingerprint density at radius 3 is 2.85 bits per heavy atom. The zero-order chi connectivity index (χ0) is 9.52.